The maximum Gasteiger partial charge on any atom is 0.255 e. The van der Waals surface area contributed by atoms with E-state index in [2.05, 4.69) is 10.6 Å². The molecular weight excluding hydrogens is 387 g/mol. The smallest absolute Gasteiger partial charge is 0.255 e. The number of carbonyl (C=O) groups excluding carboxylic acids is 2. The minimum absolute atomic E-state index is 0.146. The van der Waals surface area contributed by atoms with Crippen LogP contribution in [-0.4, -0.2) is 31.1 Å². The Morgan fingerprint density at radius 3 is 2.33 bits per heavy atom. The summed E-state index contributed by atoms with van der Waals surface area (Å²) in [7, 11) is 0. The lowest BCUT2D eigenvalue weighted by molar-refractivity contribution is 0.0906. The molecule has 2 amide bonds. The van der Waals surface area contributed by atoms with E-state index >= 15 is 0 Å². The number of nitrogens with one attached hydrogen (secondary N) is 2. The molecule has 7 heteroatoms. The molecule has 5 nitrogen and oxygen atoms in total. The summed E-state index contributed by atoms with van der Waals surface area (Å²) in [5.41, 5.74) is 1.47. The fourth-order valence-corrected chi connectivity index (χ4v) is 3.44. The van der Waals surface area contributed by atoms with E-state index in [-0.39, 0.29) is 17.9 Å². The first-order chi connectivity index (χ1) is 13.0. The number of benzene rings is 2. The maximum atomic E-state index is 12.3. The zero-order valence-electron chi connectivity index (χ0n) is 14.6. The van der Waals surface area contributed by atoms with Crippen LogP contribution in [0.25, 0.3) is 0 Å². The highest BCUT2D eigenvalue weighted by Gasteiger charge is 2.15. The summed E-state index contributed by atoms with van der Waals surface area (Å²) in [4.78, 5) is 24.5. The van der Waals surface area contributed by atoms with Gasteiger partial charge in [-0.2, -0.15) is 0 Å². The maximum absolute atomic E-state index is 12.3. The number of carbonyl (C=O) groups is 2. The fourth-order valence-electron chi connectivity index (χ4n) is 2.91. The van der Waals surface area contributed by atoms with Gasteiger partial charge in [0.1, 0.15) is 0 Å². The van der Waals surface area contributed by atoms with E-state index in [1.165, 1.54) is 0 Å². The van der Waals surface area contributed by atoms with Gasteiger partial charge in [0.2, 0.25) is 0 Å². The summed E-state index contributed by atoms with van der Waals surface area (Å²) in [5.74, 6) is -0.472. The molecule has 1 aliphatic heterocycles. The van der Waals surface area contributed by atoms with Gasteiger partial charge in [-0.3, -0.25) is 9.59 Å². The molecule has 27 heavy (non-hydrogen) atoms. The summed E-state index contributed by atoms with van der Waals surface area (Å²) in [6.07, 6.45) is 3.22. The molecule has 0 spiro atoms. The molecule has 3 rings (SSSR count). The highest BCUT2D eigenvalue weighted by Crippen LogP contribution is 2.20. The SMILES string of the molecule is O=C(NCCC1CCCO1)c1ccc(NC(=O)c2cc(Cl)cc(Cl)c2)cc1. The molecule has 0 radical (unpaired) electrons. The molecule has 1 saturated heterocycles. The van der Waals surface area contributed by atoms with Crippen LogP contribution in [0.15, 0.2) is 42.5 Å². The molecule has 2 N–H and O–H groups in total. The third-order valence-corrected chi connectivity index (χ3v) is 4.74. The molecule has 2 aromatic rings. The number of hydrogen-bond acceptors (Lipinski definition) is 3. The highest BCUT2D eigenvalue weighted by atomic mass is 35.5. The van der Waals surface area contributed by atoms with Crippen molar-refractivity contribution in [2.75, 3.05) is 18.5 Å². The monoisotopic (exact) mass is 406 g/mol. The summed E-state index contributed by atoms with van der Waals surface area (Å²) in [6.45, 7) is 1.39. The van der Waals surface area contributed by atoms with Gasteiger partial charge in [-0.1, -0.05) is 23.2 Å². The first kappa shape index (κ1) is 19.7. The molecule has 1 fully saturated rings. The van der Waals surface area contributed by atoms with Crippen molar-refractivity contribution in [2.24, 2.45) is 0 Å². The van der Waals surface area contributed by atoms with E-state index in [4.69, 9.17) is 27.9 Å². The Bertz CT molecular complexity index is 798. The van der Waals surface area contributed by atoms with Crippen molar-refractivity contribution in [3.8, 4) is 0 Å². The minimum atomic E-state index is -0.326. The topological polar surface area (TPSA) is 67.4 Å². The number of ether oxygens (including phenoxy) is 1. The highest BCUT2D eigenvalue weighted by molar-refractivity contribution is 6.35. The molecule has 1 aliphatic rings. The quantitative estimate of drug-likeness (QED) is 0.739. The van der Waals surface area contributed by atoms with E-state index in [1.54, 1.807) is 42.5 Å². The van der Waals surface area contributed by atoms with Crippen molar-refractivity contribution in [3.05, 3.63) is 63.6 Å². The zero-order chi connectivity index (χ0) is 19.2. The van der Waals surface area contributed by atoms with Gasteiger partial charge >= 0.3 is 0 Å². The second kappa shape index (κ2) is 9.22. The molecular formula is C20H20Cl2N2O3. The Kier molecular flexibility index (Phi) is 6.72. The number of halogens is 2. The number of anilines is 1. The van der Waals surface area contributed by atoms with Crippen molar-refractivity contribution in [1.29, 1.82) is 0 Å². The van der Waals surface area contributed by atoms with Crippen LogP contribution in [0, 0.1) is 0 Å². The van der Waals surface area contributed by atoms with Gasteiger partial charge in [-0.25, -0.2) is 0 Å². The van der Waals surface area contributed by atoms with Crippen LogP contribution in [0.5, 0.6) is 0 Å². The predicted molar refractivity (Wildman–Crippen MR) is 107 cm³/mol. The number of rotatable bonds is 6. The normalized spacial score (nSPS) is 16.1. The molecule has 1 unspecified atom stereocenters. The Morgan fingerprint density at radius 2 is 1.70 bits per heavy atom. The standard InChI is InChI=1S/C20H20Cl2N2O3/c21-15-10-14(11-16(22)12-15)20(26)24-17-5-3-13(4-6-17)19(25)23-8-7-18-2-1-9-27-18/h3-6,10-12,18H,1-2,7-9H2,(H,23,25)(H,24,26). The van der Waals surface area contributed by atoms with Crippen LogP contribution in [0.3, 0.4) is 0 Å². The van der Waals surface area contributed by atoms with Gasteiger partial charge in [0, 0.05) is 40.0 Å². The van der Waals surface area contributed by atoms with Crippen LogP contribution in [0.4, 0.5) is 5.69 Å². The molecule has 0 aromatic heterocycles. The zero-order valence-corrected chi connectivity index (χ0v) is 16.1. The molecule has 0 bridgehead atoms. The third kappa shape index (κ3) is 5.70. The van der Waals surface area contributed by atoms with Crippen molar-refractivity contribution < 1.29 is 14.3 Å². The van der Waals surface area contributed by atoms with Crippen LogP contribution in [0.2, 0.25) is 10.0 Å². The predicted octanol–water partition coefficient (Wildman–Crippen LogP) is 4.54. The van der Waals surface area contributed by atoms with E-state index in [1.807, 2.05) is 0 Å². The molecule has 2 aromatic carbocycles. The molecule has 142 valence electrons. The second-order valence-corrected chi connectivity index (χ2v) is 7.24. The summed E-state index contributed by atoms with van der Waals surface area (Å²) in [6, 6.07) is 11.3. The van der Waals surface area contributed by atoms with Crippen molar-refractivity contribution in [1.82, 2.24) is 5.32 Å². The van der Waals surface area contributed by atoms with Gasteiger partial charge in [0.05, 0.1) is 6.10 Å². The second-order valence-electron chi connectivity index (χ2n) is 6.37. The van der Waals surface area contributed by atoms with E-state index in [0.717, 1.165) is 25.9 Å². The largest absolute Gasteiger partial charge is 0.378 e. The van der Waals surface area contributed by atoms with Gasteiger partial charge in [-0.05, 0) is 61.7 Å². The Hall–Kier alpha value is -2.08. The number of amides is 2. The van der Waals surface area contributed by atoms with Crippen LogP contribution < -0.4 is 10.6 Å². The Balaban J connectivity index is 1.53. The summed E-state index contributed by atoms with van der Waals surface area (Å²) < 4.78 is 5.54. The van der Waals surface area contributed by atoms with Crippen LogP contribution >= 0.6 is 23.2 Å². The Morgan fingerprint density at radius 1 is 1.00 bits per heavy atom. The molecule has 1 heterocycles. The van der Waals surface area contributed by atoms with Crippen molar-refractivity contribution in [3.63, 3.8) is 0 Å². The lowest BCUT2D eigenvalue weighted by Gasteiger charge is -2.10. The van der Waals surface area contributed by atoms with Crippen molar-refractivity contribution >= 4 is 40.7 Å². The van der Waals surface area contributed by atoms with Gasteiger partial charge in [-0.15, -0.1) is 0 Å². The lowest BCUT2D eigenvalue weighted by Crippen LogP contribution is -2.27. The average Bonchev–Trinajstić information content (AvgIpc) is 3.15. The molecule has 1 atom stereocenters. The fraction of sp³-hybridized carbons (Fsp3) is 0.300. The average molecular weight is 407 g/mol. The van der Waals surface area contributed by atoms with E-state index in [0.29, 0.717) is 33.4 Å². The van der Waals surface area contributed by atoms with Gasteiger partial charge < -0.3 is 15.4 Å². The first-order valence-corrected chi connectivity index (χ1v) is 9.54. The minimum Gasteiger partial charge on any atom is -0.378 e. The molecule has 0 aliphatic carbocycles. The molecule has 0 saturated carbocycles. The van der Waals surface area contributed by atoms with E-state index < -0.39 is 0 Å². The van der Waals surface area contributed by atoms with Crippen molar-refractivity contribution in [2.45, 2.75) is 25.4 Å². The number of hydrogen-bond donors (Lipinski definition) is 2. The Labute approximate surface area is 168 Å². The third-order valence-electron chi connectivity index (χ3n) is 4.31. The lowest BCUT2D eigenvalue weighted by atomic mass is 10.1. The summed E-state index contributed by atoms with van der Waals surface area (Å²) >= 11 is 11.8. The van der Waals surface area contributed by atoms with Gasteiger partial charge in [0.15, 0.2) is 0 Å². The van der Waals surface area contributed by atoms with Gasteiger partial charge in [0.25, 0.3) is 11.8 Å². The van der Waals surface area contributed by atoms with Crippen LogP contribution in [0.1, 0.15) is 40.0 Å². The van der Waals surface area contributed by atoms with Crippen LogP contribution in [-0.2, 0) is 4.74 Å². The first-order valence-electron chi connectivity index (χ1n) is 8.78. The summed E-state index contributed by atoms with van der Waals surface area (Å²) in [5, 5.41) is 6.43. The van der Waals surface area contributed by atoms with E-state index in [9.17, 15) is 9.59 Å².